The Labute approximate surface area is 77.0 Å². The van der Waals surface area contributed by atoms with Crippen LogP contribution in [0.2, 0.25) is 0 Å². The number of amides is 2. The molecule has 0 spiro atoms. The lowest BCUT2D eigenvalue weighted by Crippen LogP contribution is -2.47. The predicted octanol–water partition coefficient (Wildman–Crippen LogP) is -0.383. The molecule has 1 aliphatic heterocycles. The molecule has 0 saturated carbocycles. The number of Topliss-reactive ketones (excluding diaryl/α,β-unsaturated/α-hetero) is 1. The SMILES string of the molecule is CC(=O)CNC(=O)N1CCOCC1. The van der Waals surface area contributed by atoms with Gasteiger partial charge in [-0.25, -0.2) is 4.79 Å². The van der Waals surface area contributed by atoms with Crippen LogP contribution in [-0.4, -0.2) is 49.6 Å². The van der Waals surface area contributed by atoms with Gasteiger partial charge in [0.05, 0.1) is 19.8 Å². The summed E-state index contributed by atoms with van der Waals surface area (Å²) in [5.41, 5.74) is 0. The highest BCUT2D eigenvalue weighted by molar-refractivity contribution is 5.83. The molecule has 1 N–H and O–H groups in total. The topological polar surface area (TPSA) is 58.6 Å². The van der Waals surface area contributed by atoms with Crippen molar-refractivity contribution < 1.29 is 14.3 Å². The number of hydrogen-bond donors (Lipinski definition) is 1. The zero-order valence-corrected chi connectivity index (χ0v) is 7.71. The van der Waals surface area contributed by atoms with Crippen molar-refractivity contribution in [1.82, 2.24) is 10.2 Å². The normalized spacial score (nSPS) is 16.8. The molecule has 0 aromatic carbocycles. The molecule has 0 aromatic heterocycles. The maximum Gasteiger partial charge on any atom is 0.317 e. The average Bonchev–Trinajstić information content (AvgIpc) is 2.15. The van der Waals surface area contributed by atoms with Gasteiger partial charge < -0.3 is 15.0 Å². The first-order chi connectivity index (χ1) is 6.20. The van der Waals surface area contributed by atoms with Crippen LogP contribution >= 0.6 is 0 Å². The Hall–Kier alpha value is -1.10. The largest absolute Gasteiger partial charge is 0.378 e. The van der Waals surface area contributed by atoms with E-state index in [0.29, 0.717) is 26.3 Å². The Balaban J connectivity index is 2.25. The number of morpholine rings is 1. The first-order valence-corrected chi connectivity index (χ1v) is 4.30. The molecule has 0 aromatic rings. The number of ketones is 1. The molecule has 0 unspecified atom stereocenters. The van der Waals surface area contributed by atoms with Gasteiger partial charge in [0, 0.05) is 13.1 Å². The van der Waals surface area contributed by atoms with Gasteiger partial charge in [0.2, 0.25) is 0 Å². The highest BCUT2D eigenvalue weighted by atomic mass is 16.5. The molecule has 5 heteroatoms. The highest BCUT2D eigenvalue weighted by Crippen LogP contribution is 1.96. The van der Waals surface area contributed by atoms with Crippen LogP contribution in [0.4, 0.5) is 4.79 Å². The van der Waals surface area contributed by atoms with Crippen molar-refractivity contribution in [3.63, 3.8) is 0 Å². The predicted molar refractivity (Wildman–Crippen MR) is 46.5 cm³/mol. The molecular weight excluding hydrogens is 172 g/mol. The third kappa shape index (κ3) is 3.42. The molecule has 0 aliphatic carbocycles. The summed E-state index contributed by atoms with van der Waals surface area (Å²) in [7, 11) is 0. The molecular formula is C8H14N2O3. The fraction of sp³-hybridized carbons (Fsp3) is 0.750. The molecule has 13 heavy (non-hydrogen) atoms. The van der Waals surface area contributed by atoms with Gasteiger partial charge in [-0.2, -0.15) is 0 Å². The Morgan fingerprint density at radius 1 is 1.38 bits per heavy atom. The van der Waals surface area contributed by atoms with Gasteiger partial charge in [-0.3, -0.25) is 4.79 Å². The number of nitrogens with one attached hydrogen (secondary N) is 1. The fourth-order valence-corrected chi connectivity index (χ4v) is 1.08. The van der Waals surface area contributed by atoms with Gasteiger partial charge in [-0.05, 0) is 6.92 Å². The van der Waals surface area contributed by atoms with Gasteiger partial charge in [0.1, 0.15) is 5.78 Å². The number of nitrogens with zero attached hydrogens (tertiary/aromatic N) is 1. The summed E-state index contributed by atoms with van der Waals surface area (Å²) < 4.78 is 5.09. The van der Waals surface area contributed by atoms with Gasteiger partial charge >= 0.3 is 6.03 Å². The maximum atomic E-state index is 11.3. The van der Waals surface area contributed by atoms with Crippen molar-refractivity contribution in [2.45, 2.75) is 6.92 Å². The smallest absolute Gasteiger partial charge is 0.317 e. The lowest BCUT2D eigenvalue weighted by molar-refractivity contribution is -0.116. The van der Waals surface area contributed by atoms with E-state index >= 15 is 0 Å². The fourth-order valence-electron chi connectivity index (χ4n) is 1.08. The maximum absolute atomic E-state index is 11.3. The number of carbonyl (C=O) groups excluding carboxylic acids is 2. The van der Waals surface area contributed by atoms with E-state index in [0.717, 1.165) is 0 Å². The minimum Gasteiger partial charge on any atom is -0.378 e. The molecule has 1 fully saturated rings. The number of carbonyl (C=O) groups is 2. The van der Waals surface area contributed by atoms with Crippen molar-refractivity contribution in [2.24, 2.45) is 0 Å². The van der Waals surface area contributed by atoms with E-state index in [-0.39, 0.29) is 18.4 Å². The van der Waals surface area contributed by atoms with Crippen molar-refractivity contribution >= 4 is 11.8 Å². The summed E-state index contributed by atoms with van der Waals surface area (Å²) in [4.78, 5) is 23.5. The van der Waals surface area contributed by atoms with Crippen molar-refractivity contribution in [1.29, 1.82) is 0 Å². The summed E-state index contributed by atoms with van der Waals surface area (Å²) in [5, 5.41) is 2.53. The van der Waals surface area contributed by atoms with E-state index in [1.165, 1.54) is 6.92 Å². The minimum absolute atomic E-state index is 0.0402. The monoisotopic (exact) mass is 186 g/mol. The van der Waals surface area contributed by atoms with Crippen molar-refractivity contribution in [2.75, 3.05) is 32.8 Å². The summed E-state index contributed by atoms with van der Waals surface area (Å²) in [6.07, 6.45) is 0. The molecule has 0 atom stereocenters. The van der Waals surface area contributed by atoms with Crippen LogP contribution in [0.1, 0.15) is 6.92 Å². The standard InChI is InChI=1S/C8H14N2O3/c1-7(11)6-9-8(12)10-2-4-13-5-3-10/h2-6H2,1H3,(H,9,12). The number of rotatable bonds is 2. The van der Waals surface area contributed by atoms with Crippen molar-refractivity contribution in [3.05, 3.63) is 0 Å². The van der Waals surface area contributed by atoms with Crippen LogP contribution < -0.4 is 5.32 Å². The van der Waals surface area contributed by atoms with Gasteiger partial charge in [-0.1, -0.05) is 0 Å². The third-order valence-corrected chi connectivity index (χ3v) is 1.79. The second-order valence-electron chi connectivity index (χ2n) is 2.96. The number of ether oxygens (including phenoxy) is 1. The summed E-state index contributed by atoms with van der Waals surface area (Å²) in [5.74, 6) is -0.0402. The van der Waals surface area contributed by atoms with Crippen LogP contribution in [0, 0.1) is 0 Å². The lowest BCUT2D eigenvalue weighted by atomic mass is 10.4. The number of hydrogen-bond acceptors (Lipinski definition) is 3. The van der Waals surface area contributed by atoms with Crippen LogP contribution in [0.5, 0.6) is 0 Å². The quantitative estimate of drug-likeness (QED) is 0.639. The molecule has 1 rings (SSSR count). The van der Waals surface area contributed by atoms with Crippen LogP contribution in [0.15, 0.2) is 0 Å². The Kier molecular flexibility index (Phi) is 3.70. The zero-order chi connectivity index (χ0) is 9.68. The summed E-state index contributed by atoms with van der Waals surface area (Å²) >= 11 is 0. The van der Waals surface area contributed by atoms with Gasteiger partial charge in [0.15, 0.2) is 0 Å². The lowest BCUT2D eigenvalue weighted by Gasteiger charge is -2.26. The van der Waals surface area contributed by atoms with E-state index in [1.807, 2.05) is 0 Å². The van der Waals surface area contributed by atoms with Gasteiger partial charge in [-0.15, -0.1) is 0 Å². The van der Waals surface area contributed by atoms with E-state index < -0.39 is 0 Å². The van der Waals surface area contributed by atoms with E-state index in [9.17, 15) is 9.59 Å². The Morgan fingerprint density at radius 2 is 2.00 bits per heavy atom. The van der Waals surface area contributed by atoms with Gasteiger partial charge in [0.25, 0.3) is 0 Å². The average molecular weight is 186 g/mol. The summed E-state index contributed by atoms with van der Waals surface area (Å²) in [6, 6.07) is -0.182. The van der Waals surface area contributed by atoms with Crippen LogP contribution in [-0.2, 0) is 9.53 Å². The van der Waals surface area contributed by atoms with E-state index in [1.54, 1.807) is 4.90 Å². The van der Waals surface area contributed by atoms with E-state index in [4.69, 9.17) is 4.74 Å². The Morgan fingerprint density at radius 3 is 2.54 bits per heavy atom. The minimum atomic E-state index is -0.182. The molecule has 0 bridgehead atoms. The number of urea groups is 1. The van der Waals surface area contributed by atoms with E-state index in [2.05, 4.69) is 5.32 Å². The van der Waals surface area contributed by atoms with Crippen molar-refractivity contribution in [3.8, 4) is 0 Å². The second kappa shape index (κ2) is 4.81. The van der Waals surface area contributed by atoms with Crippen LogP contribution in [0.25, 0.3) is 0 Å². The molecule has 0 radical (unpaired) electrons. The molecule has 1 heterocycles. The first kappa shape index (κ1) is 9.98. The van der Waals surface area contributed by atoms with Crippen LogP contribution in [0.3, 0.4) is 0 Å². The molecule has 5 nitrogen and oxygen atoms in total. The third-order valence-electron chi connectivity index (χ3n) is 1.79. The summed E-state index contributed by atoms with van der Waals surface area (Å²) in [6.45, 7) is 3.91. The molecule has 1 saturated heterocycles. The molecule has 74 valence electrons. The highest BCUT2D eigenvalue weighted by Gasteiger charge is 2.15. The molecule has 1 aliphatic rings. The Bertz CT molecular complexity index is 200. The first-order valence-electron chi connectivity index (χ1n) is 4.30. The zero-order valence-electron chi connectivity index (χ0n) is 7.71. The molecule has 2 amide bonds. The second-order valence-corrected chi connectivity index (χ2v) is 2.96.